The highest BCUT2D eigenvalue weighted by molar-refractivity contribution is 5.82. The summed E-state index contributed by atoms with van der Waals surface area (Å²) in [6.45, 7) is 12.0. The first kappa shape index (κ1) is 14.1. The Morgan fingerprint density at radius 2 is 1.95 bits per heavy atom. The molecule has 0 aliphatic heterocycles. The molecule has 0 spiro atoms. The lowest BCUT2D eigenvalue weighted by atomic mass is 10.0. The van der Waals surface area contributed by atoms with Crippen LogP contribution in [0.1, 0.15) is 50.1 Å². The highest BCUT2D eigenvalue weighted by Gasteiger charge is 2.19. The van der Waals surface area contributed by atoms with Crippen LogP contribution in [0.2, 0.25) is 0 Å². The average molecular weight is 259 g/mol. The average Bonchev–Trinajstić information content (AvgIpc) is 2.78. The van der Waals surface area contributed by atoms with Crippen LogP contribution < -0.4 is 5.32 Å². The summed E-state index contributed by atoms with van der Waals surface area (Å²) in [6, 6.07) is 6.81. The molecule has 1 atom stereocenters. The summed E-state index contributed by atoms with van der Waals surface area (Å²) >= 11 is 0. The van der Waals surface area contributed by atoms with Gasteiger partial charge >= 0.3 is 0 Å². The smallest absolute Gasteiger partial charge is 0.137 e. The fourth-order valence-corrected chi connectivity index (χ4v) is 2.48. The molecule has 2 heteroatoms. The second kappa shape index (κ2) is 5.79. The van der Waals surface area contributed by atoms with E-state index >= 15 is 0 Å². The van der Waals surface area contributed by atoms with Gasteiger partial charge in [-0.3, -0.25) is 0 Å². The molecule has 0 saturated heterocycles. The maximum absolute atomic E-state index is 6.14. The zero-order valence-electron chi connectivity index (χ0n) is 12.7. The van der Waals surface area contributed by atoms with Crippen LogP contribution in [0, 0.1) is 19.8 Å². The van der Waals surface area contributed by atoms with Crippen molar-refractivity contribution in [2.45, 2.75) is 47.1 Å². The molecule has 0 aliphatic rings. The Morgan fingerprint density at radius 3 is 2.58 bits per heavy atom. The van der Waals surface area contributed by atoms with Gasteiger partial charge in [0.15, 0.2) is 0 Å². The van der Waals surface area contributed by atoms with Crippen molar-refractivity contribution in [3.63, 3.8) is 0 Å². The third-order valence-electron chi connectivity index (χ3n) is 3.81. The van der Waals surface area contributed by atoms with Crippen molar-refractivity contribution in [1.29, 1.82) is 0 Å². The fourth-order valence-electron chi connectivity index (χ4n) is 2.48. The SMILES string of the molecule is CCCNC(c1cc2ccc(C)c(C)c2o1)C(C)C. The maximum atomic E-state index is 6.14. The minimum Gasteiger partial charge on any atom is -0.459 e. The van der Waals surface area contributed by atoms with Gasteiger partial charge in [-0.15, -0.1) is 0 Å². The fraction of sp³-hybridized carbons (Fsp3) is 0.529. The van der Waals surface area contributed by atoms with Crippen LogP contribution >= 0.6 is 0 Å². The molecule has 2 nitrogen and oxygen atoms in total. The third kappa shape index (κ3) is 2.84. The monoisotopic (exact) mass is 259 g/mol. The zero-order valence-corrected chi connectivity index (χ0v) is 12.7. The number of aryl methyl sites for hydroxylation is 2. The number of furan rings is 1. The summed E-state index contributed by atoms with van der Waals surface area (Å²) in [5, 5.41) is 4.80. The second-order valence-electron chi connectivity index (χ2n) is 5.75. The lowest BCUT2D eigenvalue weighted by Gasteiger charge is -2.19. The van der Waals surface area contributed by atoms with Crippen molar-refractivity contribution < 1.29 is 4.42 Å². The molecule has 19 heavy (non-hydrogen) atoms. The molecule has 0 amide bonds. The van der Waals surface area contributed by atoms with Crippen molar-refractivity contribution in [3.8, 4) is 0 Å². The van der Waals surface area contributed by atoms with Crippen molar-refractivity contribution in [1.82, 2.24) is 5.32 Å². The lowest BCUT2D eigenvalue weighted by molar-refractivity contribution is 0.351. The van der Waals surface area contributed by atoms with Crippen LogP contribution in [0.15, 0.2) is 22.6 Å². The number of rotatable bonds is 5. The predicted octanol–water partition coefficient (Wildman–Crippen LogP) is 4.75. The first-order valence-electron chi connectivity index (χ1n) is 7.27. The number of nitrogens with one attached hydrogen (secondary N) is 1. The minimum absolute atomic E-state index is 0.298. The van der Waals surface area contributed by atoms with Crippen LogP contribution in [-0.2, 0) is 0 Å². The molecule has 0 bridgehead atoms. The minimum atomic E-state index is 0.298. The normalized spacial score (nSPS) is 13.4. The summed E-state index contributed by atoms with van der Waals surface area (Å²) in [6.07, 6.45) is 1.14. The topological polar surface area (TPSA) is 25.2 Å². The molecular weight excluding hydrogens is 234 g/mol. The Hall–Kier alpha value is -1.28. The van der Waals surface area contributed by atoms with Gasteiger partial charge in [0.25, 0.3) is 0 Å². The zero-order chi connectivity index (χ0) is 14.0. The van der Waals surface area contributed by atoms with E-state index in [0.29, 0.717) is 12.0 Å². The molecule has 0 fully saturated rings. The van der Waals surface area contributed by atoms with E-state index in [9.17, 15) is 0 Å². The molecule has 1 aromatic carbocycles. The lowest BCUT2D eigenvalue weighted by Crippen LogP contribution is -2.25. The molecule has 104 valence electrons. The highest BCUT2D eigenvalue weighted by atomic mass is 16.3. The second-order valence-corrected chi connectivity index (χ2v) is 5.75. The van der Waals surface area contributed by atoms with Gasteiger partial charge in [0.05, 0.1) is 6.04 Å². The van der Waals surface area contributed by atoms with E-state index in [1.807, 2.05) is 0 Å². The summed E-state index contributed by atoms with van der Waals surface area (Å²) < 4.78 is 6.14. The Balaban J connectivity index is 2.40. The molecule has 1 N–H and O–H groups in total. The van der Waals surface area contributed by atoms with Crippen LogP contribution in [0.25, 0.3) is 11.0 Å². The first-order chi connectivity index (χ1) is 9.04. The van der Waals surface area contributed by atoms with Gasteiger partial charge in [0.2, 0.25) is 0 Å². The van der Waals surface area contributed by atoms with E-state index < -0.39 is 0 Å². The van der Waals surface area contributed by atoms with E-state index in [1.165, 1.54) is 16.5 Å². The van der Waals surface area contributed by atoms with Crippen LogP contribution in [0.4, 0.5) is 0 Å². The third-order valence-corrected chi connectivity index (χ3v) is 3.81. The summed E-state index contributed by atoms with van der Waals surface area (Å²) in [7, 11) is 0. The maximum Gasteiger partial charge on any atom is 0.137 e. The molecule has 1 unspecified atom stereocenters. The first-order valence-corrected chi connectivity index (χ1v) is 7.27. The molecular formula is C17H25NO. The Bertz CT molecular complexity index is 554. The van der Waals surface area contributed by atoms with Gasteiger partial charge in [-0.2, -0.15) is 0 Å². The van der Waals surface area contributed by atoms with Crippen molar-refractivity contribution in [2.24, 2.45) is 5.92 Å². The summed E-state index contributed by atoms with van der Waals surface area (Å²) in [5.74, 6) is 1.58. The predicted molar refractivity (Wildman–Crippen MR) is 81.6 cm³/mol. The summed E-state index contributed by atoms with van der Waals surface area (Å²) in [5.41, 5.74) is 3.58. The van der Waals surface area contributed by atoms with Gasteiger partial charge in [0.1, 0.15) is 11.3 Å². The Morgan fingerprint density at radius 1 is 1.21 bits per heavy atom. The number of benzene rings is 1. The highest BCUT2D eigenvalue weighted by Crippen LogP contribution is 2.31. The van der Waals surface area contributed by atoms with Crippen LogP contribution in [-0.4, -0.2) is 6.54 Å². The van der Waals surface area contributed by atoms with E-state index in [1.54, 1.807) is 0 Å². The number of fused-ring (bicyclic) bond motifs is 1. The molecule has 1 aromatic heterocycles. The van der Waals surface area contributed by atoms with Gasteiger partial charge in [-0.25, -0.2) is 0 Å². The van der Waals surface area contributed by atoms with Crippen molar-refractivity contribution in [2.75, 3.05) is 6.54 Å². The number of hydrogen-bond donors (Lipinski definition) is 1. The van der Waals surface area contributed by atoms with Crippen LogP contribution in [0.3, 0.4) is 0 Å². The standard InChI is InChI=1S/C17H25NO/c1-6-9-18-16(11(2)3)15-10-14-8-7-12(4)13(5)17(14)19-15/h7-8,10-11,16,18H,6,9H2,1-5H3. The van der Waals surface area contributed by atoms with E-state index in [2.05, 4.69) is 58.1 Å². The molecule has 0 radical (unpaired) electrons. The van der Waals surface area contributed by atoms with Crippen molar-refractivity contribution in [3.05, 3.63) is 35.1 Å². The van der Waals surface area contributed by atoms with Gasteiger partial charge in [0, 0.05) is 5.39 Å². The van der Waals surface area contributed by atoms with E-state index in [0.717, 1.165) is 24.3 Å². The Labute approximate surface area is 116 Å². The van der Waals surface area contributed by atoms with Gasteiger partial charge in [-0.05, 0) is 49.9 Å². The van der Waals surface area contributed by atoms with E-state index in [-0.39, 0.29) is 0 Å². The molecule has 2 aromatic rings. The Kier molecular flexibility index (Phi) is 4.31. The molecule has 0 aliphatic carbocycles. The quantitative estimate of drug-likeness (QED) is 0.838. The largest absolute Gasteiger partial charge is 0.459 e. The van der Waals surface area contributed by atoms with Crippen molar-refractivity contribution >= 4 is 11.0 Å². The molecule has 2 rings (SSSR count). The molecule has 0 saturated carbocycles. The number of hydrogen-bond acceptors (Lipinski definition) is 2. The van der Waals surface area contributed by atoms with Crippen LogP contribution in [0.5, 0.6) is 0 Å². The van der Waals surface area contributed by atoms with Gasteiger partial charge in [-0.1, -0.05) is 32.9 Å². The summed E-state index contributed by atoms with van der Waals surface area (Å²) in [4.78, 5) is 0. The molecule has 1 heterocycles. The van der Waals surface area contributed by atoms with E-state index in [4.69, 9.17) is 4.42 Å². The van der Waals surface area contributed by atoms with Gasteiger partial charge < -0.3 is 9.73 Å².